The highest BCUT2D eigenvalue weighted by Crippen LogP contribution is 2.25. The van der Waals surface area contributed by atoms with Crippen LogP contribution < -0.4 is 10.6 Å². The van der Waals surface area contributed by atoms with Gasteiger partial charge in [0.1, 0.15) is 6.04 Å². The van der Waals surface area contributed by atoms with E-state index in [1.54, 1.807) is 6.07 Å². The van der Waals surface area contributed by atoms with Crippen LogP contribution in [0.2, 0.25) is 0 Å². The van der Waals surface area contributed by atoms with Crippen LogP contribution in [-0.2, 0) is 9.59 Å². The molecule has 1 heterocycles. The van der Waals surface area contributed by atoms with Crippen LogP contribution in [0.3, 0.4) is 0 Å². The second kappa shape index (κ2) is 10.8. The lowest BCUT2D eigenvalue weighted by Gasteiger charge is -2.37. The first-order valence-electron chi connectivity index (χ1n) is 11.5. The third-order valence-corrected chi connectivity index (χ3v) is 6.01. The maximum absolute atomic E-state index is 13.1. The van der Waals surface area contributed by atoms with Crippen molar-refractivity contribution in [3.05, 3.63) is 35.4 Å². The number of hydrogen-bond acceptors (Lipinski definition) is 3. The van der Waals surface area contributed by atoms with Crippen LogP contribution in [0.25, 0.3) is 0 Å². The molecule has 31 heavy (non-hydrogen) atoms. The first-order chi connectivity index (χ1) is 14.5. The van der Waals surface area contributed by atoms with Crippen LogP contribution in [0.5, 0.6) is 0 Å². The third-order valence-electron chi connectivity index (χ3n) is 6.01. The number of carbonyl (C=O) groups is 3. The summed E-state index contributed by atoms with van der Waals surface area (Å²) in [6.45, 7) is 13.3. The summed E-state index contributed by atoms with van der Waals surface area (Å²) < 4.78 is 0. The van der Waals surface area contributed by atoms with Gasteiger partial charge in [0.2, 0.25) is 11.8 Å². The smallest absolute Gasteiger partial charge is 0.252 e. The van der Waals surface area contributed by atoms with E-state index in [1.807, 2.05) is 43.9 Å². The number of aryl methyl sites for hydroxylation is 1. The molecule has 6 heteroatoms. The van der Waals surface area contributed by atoms with Crippen molar-refractivity contribution >= 4 is 17.7 Å². The Morgan fingerprint density at radius 1 is 1.10 bits per heavy atom. The Bertz CT molecular complexity index is 776. The highest BCUT2D eigenvalue weighted by atomic mass is 16.2. The van der Waals surface area contributed by atoms with Crippen LogP contribution >= 0.6 is 0 Å². The summed E-state index contributed by atoms with van der Waals surface area (Å²) in [5.41, 5.74) is 1.42. The first kappa shape index (κ1) is 24.9. The van der Waals surface area contributed by atoms with E-state index in [4.69, 9.17) is 0 Å². The van der Waals surface area contributed by atoms with Gasteiger partial charge in [-0.3, -0.25) is 14.4 Å². The van der Waals surface area contributed by atoms with Crippen molar-refractivity contribution in [1.82, 2.24) is 15.5 Å². The Hall–Kier alpha value is -2.37. The third kappa shape index (κ3) is 7.37. The Morgan fingerprint density at radius 2 is 1.71 bits per heavy atom. The SMILES string of the molecule is CC[C@H](C)NC(=O)[C@H](NC(=O)c1ccccc1C)C1CCN(C(=O)CC(C)(C)C)CC1. The van der Waals surface area contributed by atoms with Gasteiger partial charge in [-0.2, -0.15) is 0 Å². The molecule has 3 amide bonds. The van der Waals surface area contributed by atoms with Gasteiger partial charge in [0.15, 0.2) is 0 Å². The van der Waals surface area contributed by atoms with Crippen LogP contribution in [-0.4, -0.2) is 47.8 Å². The second-order valence-corrected chi connectivity index (χ2v) is 10.0. The van der Waals surface area contributed by atoms with Crippen molar-refractivity contribution in [1.29, 1.82) is 0 Å². The van der Waals surface area contributed by atoms with E-state index in [-0.39, 0.29) is 35.1 Å². The molecule has 0 saturated carbocycles. The molecule has 1 aliphatic heterocycles. The molecule has 2 rings (SSSR count). The summed E-state index contributed by atoms with van der Waals surface area (Å²) in [7, 11) is 0. The van der Waals surface area contributed by atoms with E-state index >= 15 is 0 Å². The molecule has 0 aromatic heterocycles. The average molecular weight is 430 g/mol. The Labute approximate surface area is 187 Å². The van der Waals surface area contributed by atoms with Gasteiger partial charge in [0.25, 0.3) is 5.91 Å². The van der Waals surface area contributed by atoms with Gasteiger partial charge in [0, 0.05) is 31.1 Å². The monoisotopic (exact) mass is 429 g/mol. The van der Waals surface area contributed by atoms with Crippen molar-refractivity contribution in [2.45, 2.75) is 79.3 Å². The van der Waals surface area contributed by atoms with Gasteiger partial charge >= 0.3 is 0 Å². The van der Waals surface area contributed by atoms with Crippen molar-refractivity contribution in [2.75, 3.05) is 13.1 Å². The number of piperidine rings is 1. The van der Waals surface area contributed by atoms with Gasteiger partial charge in [-0.25, -0.2) is 0 Å². The molecule has 172 valence electrons. The predicted molar refractivity (Wildman–Crippen MR) is 124 cm³/mol. The number of nitrogens with zero attached hydrogens (tertiary/aromatic N) is 1. The molecule has 0 bridgehead atoms. The summed E-state index contributed by atoms with van der Waals surface area (Å²) >= 11 is 0. The largest absolute Gasteiger partial charge is 0.352 e. The molecule has 1 saturated heterocycles. The minimum absolute atomic E-state index is 0.00397. The van der Waals surface area contributed by atoms with E-state index in [0.29, 0.717) is 37.9 Å². The number of benzene rings is 1. The summed E-state index contributed by atoms with van der Waals surface area (Å²) in [6.07, 6.45) is 2.73. The first-order valence-corrected chi connectivity index (χ1v) is 11.5. The number of nitrogens with one attached hydrogen (secondary N) is 2. The van der Waals surface area contributed by atoms with Gasteiger partial charge in [-0.05, 0) is 56.1 Å². The average Bonchev–Trinajstić information content (AvgIpc) is 2.70. The van der Waals surface area contributed by atoms with Gasteiger partial charge in [-0.1, -0.05) is 45.9 Å². The summed E-state index contributed by atoms with van der Waals surface area (Å²) in [5, 5.41) is 6.03. The van der Waals surface area contributed by atoms with Crippen LogP contribution in [0.15, 0.2) is 24.3 Å². The molecule has 6 nitrogen and oxygen atoms in total. The van der Waals surface area contributed by atoms with E-state index in [0.717, 1.165) is 12.0 Å². The molecular weight excluding hydrogens is 390 g/mol. The maximum atomic E-state index is 13.1. The lowest BCUT2D eigenvalue weighted by Crippen LogP contribution is -2.55. The molecule has 0 unspecified atom stereocenters. The summed E-state index contributed by atoms with van der Waals surface area (Å²) in [5.74, 6) is -0.212. The zero-order chi connectivity index (χ0) is 23.2. The molecule has 2 N–H and O–H groups in total. The van der Waals surface area contributed by atoms with Gasteiger partial charge < -0.3 is 15.5 Å². The number of hydrogen-bond donors (Lipinski definition) is 2. The molecule has 2 atom stereocenters. The molecular formula is C25H39N3O3. The standard InChI is InChI=1S/C25H39N3O3/c1-7-18(3)26-24(31)22(27-23(30)20-11-9-8-10-17(20)2)19-12-14-28(15-13-19)21(29)16-25(4,5)6/h8-11,18-19,22H,7,12-16H2,1-6H3,(H,26,31)(H,27,30)/t18-,22+/m0/s1. The fourth-order valence-corrected chi connectivity index (χ4v) is 3.93. The van der Waals surface area contributed by atoms with Crippen molar-refractivity contribution in [2.24, 2.45) is 11.3 Å². The Balaban J connectivity index is 2.11. The van der Waals surface area contributed by atoms with E-state index in [2.05, 4.69) is 31.4 Å². The molecule has 1 aliphatic rings. The van der Waals surface area contributed by atoms with Gasteiger partial charge in [-0.15, -0.1) is 0 Å². The predicted octanol–water partition coefficient (Wildman–Crippen LogP) is 3.68. The van der Waals surface area contributed by atoms with Gasteiger partial charge in [0.05, 0.1) is 0 Å². The quantitative estimate of drug-likeness (QED) is 0.694. The number of amides is 3. The molecule has 1 fully saturated rings. The fraction of sp³-hybridized carbons (Fsp3) is 0.640. The minimum atomic E-state index is -0.610. The summed E-state index contributed by atoms with van der Waals surface area (Å²) in [6, 6.07) is 6.82. The highest BCUT2D eigenvalue weighted by Gasteiger charge is 2.35. The van der Waals surface area contributed by atoms with E-state index in [9.17, 15) is 14.4 Å². The normalized spacial score (nSPS) is 17.0. The van der Waals surface area contributed by atoms with E-state index in [1.165, 1.54) is 0 Å². The zero-order valence-electron chi connectivity index (χ0n) is 20.0. The molecule has 0 aliphatic carbocycles. The fourth-order valence-electron chi connectivity index (χ4n) is 3.93. The molecule has 1 aromatic carbocycles. The van der Waals surface area contributed by atoms with E-state index < -0.39 is 6.04 Å². The Morgan fingerprint density at radius 3 is 2.26 bits per heavy atom. The molecule has 0 radical (unpaired) electrons. The number of likely N-dealkylation sites (tertiary alicyclic amines) is 1. The summed E-state index contributed by atoms with van der Waals surface area (Å²) in [4.78, 5) is 40.5. The molecule has 0 spiro atoms. The van der Waals surface area contributed by atoms with Crippen molar-refractivity contribution in [3.8, 4) is 0 Å². The van der Waals surface area contributed by atoms with Crippen LogP contribution in [0.1, 0.15) is 76.2 Å². The number of rotatable bonds is 7. The lowest BCUT2D eigenvalue weighted by atomic mass is 9.87. The lowest BCUT2D eigenvalue weighted by molar-refractivity contribution is -0.134. The minimum Gasteiger partial charge on any atom is -0.352 e. The Kier molecular flexibility index (Phi) is 8.66. The highest BCUT2D eigenvalue weighted by molar-refractivity contribution is 5.98. The topological polar surface area (TPSA) is 78.5 Å². The van der Waals surface area contributed by atoms with Crippen LogP contribution in [0, 0.1) is 18.3 Å². The van der Waals surface area contributed by atoms with Crippen LogP contribution in [0.4, 0.5) is 0 Å². The maximum Gasteiger partial charge on any atom is 0.252 e. The second-order valence-electron chi connectivity index (χ2n) is 10.0. The zero-order valence-corrected chi connectivity index (χ0v) is 20.0. The van der Waals surface area contributed by atoms with Crippen molar-refractivity contribution in [3.63, 3.8) is 0 Å². The number of carbonyl (C=O) groups excluding carboxylic acids is 3. The molecule has 1 aromatic rings. The van der Waals surface area contributed by atoms with Crippen molar-refractivity contribution < 1.29 is 14.4 Å².